The molecule has 1 aromatic carbocycles. The van der Waals surface area contributed by atoms with Crippen LogP contribution in [0.4, 0.5) is 10.1 Å². The van der Waals surface area contributed by atoms with Gasteiger partial charge in [-0.05, 0) is 30.2 Å². The molecule has 1 atom stereocenters. The van der Waals surface area contributed by atoms with Crippen molar-refractivity contribution in [3.05, 3.63) is 29.6 Å². The fourth-order valence-corrected chi connectivity index (χ4v) is 1.33. The van der Waals surface area contributed by atoms with Gasteiger partial charge in [0.25, 0.3) is 0 Å². The molecular formula is C10H17Cl2FN2. The minimum absolute atomic E-state index is 0. The van der Waals surface area contributed by atoms with Crippen LogP contribution in [-0.2, 0) is 0 Å². The number of hydrogen-bond donors (Lipinski definition) is 2. The van der Waals surface area contributed by atoms with Crippen LogP contribution in [0.1, 0.15) is 31.4 Å². The van der Waals surface area contributed by atoms with Crippen molar-refractivity contribution in [2.45, 2.75) is 25.8 Å². The molecule has 1 aromatic rings. The molecule has 2 nitrogen and oxygen atoms in total. The highest BCUT2D eigenvalue weighted by molar-refractivity contribution is 5.85. The molecule has 0 aromatic heterocycles. The molecule has 15 heavy (non-hydrogen) atoms. The van der Waals surface area contributed by atoms with Crippen LogP contribution in [0.15, 0.2) is 18.2 Å². The van der Waals surface area contributed by atoms with Crippen molar-refractivity contribution in [2.75, 3.05) is 5.73 Å². The Bertz CT molecular complexity index is 295. The number of nitrogens with two attached hydrogens (primary N) is 2. The van der Waals surface area contributed by atoms with E-state index in [0.29, 0.717) is 11.3 Å². The third-order valence-electron chi connectivity index (χ3n) is 2.05. The second-order valence-corrected chi connectivity index (χ2v) is 3.17. The van der Waals surface area contributed by atoms with Gasteiger partial charge in [0.2, 0.25) is 0 Å². The van der Waals surface area contributed by atoms with Crippen LogP contribution in [0.3, 0.4) is 0 Å². The minimum Gasteiger partial charge on any atom is -0.398 e. The second-order valence-electron chi connectivity index (χ2n) is 3.17. The minimum atomic E-state index is -0.282. The summed E-state index contributed by atoms with van der Waals surface area (Å²) in [5, 5.41) is 0. The molecule has 88 valence electrons. The summed E-state index contributed by atoms with van der Waals surface area (Å²) in [6.07, 6.45) is 1.80. The molecule has 0 radical (unpaired) electrons. The topological polar surface area (TPSA) is 52.0 Å². The van der Waals surface area contributed by atoms with Crippen molar-refractivity contribution in [2.24, 2.45) is 5.73 Å². The molecule has 1 rings (SSSR count). The summed E-state index contributed by atoms with van der Waals surface area (Å²) in [6.45, 7) is 2.04. The fourth-order valence-electron chi connectivity index (χ4n) is 1.33. The number of rotatable bonds is 3. The van der Waals surface area contributed by atoms with Crippen LogP contribution >= 0.6 is 24.8 Å². The Labute approximate surface area is 102 Å². The number of anilines is 1. The van der Waals surface area contributed by atoms with E-state index in [2.05, 4.69) is 0 Å². The zero-order valence-electron chi connectivity index (χ0n) is 8.57. The second kappa shape index (κ2) is 7.74. The zero-order valence-corrected chi connectivity index (χ0v) is 10.2. The lowest BCUT2D eigenvalue weighted by Crippen LogP contribution is -2.12. The van der Waals surface area contributed by atoms with E-state index in [-0.39, 0.29) is 36.7 Å². The van der Waals surface area contributed by atoms with Gasteiger partial charge >= 0.3 is 0 Å². The highest BCUT2D eigenvalue weighted by Crippen LogP contribution is 2.22. The highest BCUT2D eigenvalue weighted by Gasteiger charge is 2.09. The molecule has 0 spiro atoms. The Kier molecular flexibility index (Phi) is 8.72. The van der Waals surface area contributed by atoms with Crippen molar-refractivity contribution in [1.29, 1.82) is 0 Å². The normalized spacial score (nSPS) is 11.1. The molecule has 4 N–H and O–H groups in total. The van der Waals surface area contributed by atoms with Crippen LogP contribution in [0, 0.1) is 5.82 Å². The number of halogens is 3. The molecule has 0 amide bonds. The maximum absolute atomic E-state index is 12.8. The lowest BCUT2D eigenvalue weighted by atomic mass is 10.0. The average Bonchev–Trinajstić information content (AvgIpc) is 2.09. The predicted molar refractivity (Wildman–Crippen MR) is 67.1 cm³/mol. The summed E-state index contributed by atoms with van der Waals surface area (Å²) < 4.78 is 12.8. The smallest absolute Gasteiger partial charge is 0.123 e. The van der Waals surface area contributed by atoms with Gasteiger partial charge in [-0.1, -0.05) is 13.3 Å². The van der Waals surface area contributed by atoms with Crippen LogP contribution in [-0.4, -0.2) is 0 Å². The van der Waals surface area contributed by atoms with Crippen LogP contribution in [0.5, 0.6) is 0 Å². The molecule has 0 saturated carbocycles. The Morgan fingerprint density at radius 1 is 1.33 bits per heavy atom. The third kappa shape index (κ3) is 4.69. The Hall–Kier alpha value is -0.510. The number of benzene rings is 1. The largest absolute Gasteiger partial charge is 0.398 e. The summed E-state index contributed by atoms with van der Waals surface area (Å²) in [7, 11) is 0. The van der Waals surface area contributed by atoms with Gasteiger partial charge in [-0.3, -0.25) is 0 Å². The Morgan fingerprint density at radius 3 is 2.47 bits per heavy atom. The first-order valence-corrected chi connectivity index (χ1v) is 4.45. The van der Waals surface area contributed by atoms with E-state index in [4.69, 9.17) is 11.5 Å². The maximum Gasteiger partial charge on any atom is 0.123 e. The van der Waals surface area contributed by atoms with Crippen molar-refractivity contribution in [3.8, 4) is 0 Å². The van der Waals surface area contributed by atoms with Gasteiger partial charge in [-0.25, -0.2) is 4.39 Å². The summed E-state index contributed by atoms with van der Waals surface area (Å²) in [5.41, 5.74) is 12.8. The van der Waals surface area contributed by atoms with Gasteiger partial charge in [0, 0.05) is 11.7 Å². The van der Waals surface area contributed by atoms with E-state index in [1.807, 2.05) is 6.92 Å². The molecule has 0 saturated heterocycles. The average molecular weight is 255 g/mol. The number of nitrogen functional groups attached to an aromatic ring is 1. The van der Waals surface area contributed by atoms with Crippen molar-refractivity contribution >= 4 is 30.5 Å². The van der Waals surface area contributed by atoms with Crippen LogP contribution < -0.4 is 11.5 Å². The summed E-state index contributed by atoms with van der Waals surface area (Å²) in [4.78, 5) is 0. The van der Waals surface area contributed by atoms with Crippen molar-refractivity contribution in [1.82, 2.24) is 0 Å². The number of hydrogen-bond acceptors (Lipinski definition) is 2. The van der Waals surface area contributed by atoms with Crippen LogP contribution in [0.2, 0.25) is 0 Å². The monoisotopic (exact) mass is 254 g/mol. The van der Waals surface area contributed by atoms with Gasteiger partial charge in [0.05, 0.1) is 0 Å². The summed E-state index contributed by atoms with van der Waals surface area (Å²) >= 11 is 0. The van der Waals surface area contributed by atoms with Gasteiger partial charge in [0.15, 0.2) is 0 Å². The van der Waals surface area contributed by atoms with E-state index >= 15 is 0 Å². The van der Waals surface area contributed by atoms with E-state index in [9.17, 15) is 4.39 Å². The van der Waals surface area contributed by atoms with Gasteiger partial charge in [-0.15, -0.1) is 24.8 Å². The SMILES string of the molecule is CCC[C@@H](N)c1cc(F)ccc1N.Cl.Cl. The molecule has 0 heterocycles. The molecule has 0 unspecified atom stereocenters. The Morgan fingerprint density at radius 2 is 1.93 bits per heavy atom. The summed E-state index contributed by atoms with van der Waals surface area (Å²) in [5.74, 6) is -0.282. The lowest BCUT2D eigenvalue weighted by Gasteiger charge is -2.13. The summed E-state index contributed by atoms with van der Waals surface area (Å²) in [6, 6.07) is 4.16. The third-order valence-corrected chi connectivity index (χ3v) is 2.05. The Balaban J connectivity index is 0. The highest BCUT2D eigenvalue weighted by atomic mass is 35.5. The van der Waals surface area contributed by atoms with E-state index in [0.717, 1.165) is 12.8 Å². The molecule has 0 fully saturated rings. The van der Waals surface area contributed by atoms with Crippen molar-refractivity contribution < 1.29 is 4.39 Å². The fraction of sp³-hybridized carbons (Fsp3) is 0.400. The first-order valence-electron chi connectivity index (χ1n) is 4.45. The van der Waals surface area contributed by atoms with E-state index in [1.165, 1.54) is 12.1 Å². The van der Waals surface area contributed by atoms with Gasteiger partial charge in [-0.2, -0.15) is 0 Å². The van der Waals surface area contributed by atoms with Gasteiger partial charge < -0.3 is 11.5 Å². The molecule has 0 aliphatic carbocycles. The predicted octanol–water partition coefficient (Wildman–Crippen LogP) is 3.05. The molecule has 0 bridgehead atoms. The first kappa shape index (κ1) is 16.9. The van der Waals surface area contributed by atoms with Crippen LogP contribution in [0.25, 0.3) is 0 Å². The maximum atomic E-state index is 12.8. The van der Waals surface area contributed by atoms with Crippen molar-refractivity contribution in [3.63, 3.8) is 0 Å². The quantitative estimate of drug-likeness (QED) is 0.815. The molecule has 0 aliphatic rings. The zero-order chi connectivity index (χ0) is 9.84. The first-order chi connectivity index (χ1) is 6.15. The molecule has 5 heteroatoms. The van der Waals surface area contributed by atoms with Gasteiger partial charge in [0.1, 0.15) is 5.82 Å². The standard InChI is InChI=1S/C10H15FN2.2ClH/c1-2-3-9(12)8-6-7(11)4-5-10(8)13;;/h4-6,9H,2-3,12-13H2,1H3;2*1H/t9-;;/m1../s1. The van der Waals surface area contributed by atoms with E-state index in [1.54, 1.807) is 6.07 Å². The lowest BCUT2D eigenvalue weighted by molar-refractivity contribution is 0.606. The molecule has 0 aliphatic heterocycles. The van der Waals surface area contributed by atoms with E-state index < -0.39 is 0 Å². The molecular weight excluding hydrogens is 238 g/mol.